The molecule has 0 aromatic heterocycles. The minimum Gasteiger partial charge on any atom is -0.481 e. The summed E-state index contributed by atoms with van der Waals surface area (Å²) >= 11 is 0. The Balaban J connectivity index is 2.05. The molecule has 26 heavy (non-hydrogen) atoms. The molecule has 1 amide bonds. The van der Waals surface area contributed by atoms with Crippen LogP contribution in [0.25, 0.3) is 0 Å². The van der Waals surface area contributed by atoms with E-state index < -0.39 is 60.5 Å². The van der Waals surface area contributed by atoms with Crippen LogP contribution in [0.1, 0.15) is 23.7 Å². The van der Waals surface area contributed by atoms with Gasteiger partial charge in [-0.05, 0) is 12.1 Å². The molecule has 9 heteroatoms. The Morgan fingerprint density at radius 2 is 1.92 bits per heavy atom. The number of carbonyl (C=O) groups excluding carboxylic acids is 2. The molecular weight excluding hydrogens is 358 g/mol. The number of Topliss-reactive ketones (excluding diaryl/α,β-unsaturated/α-hetero) is 1. The number of nitrogens with zero attached hydrogens (tertiary/aromatic N) is 1. The van der Waals surface area contributed by atoms with Crippen molar-refractivity contribution in [1.29, 1.82) is 0 Å². The molecule has 3 atom stereocenters. The molecule has 1 aromatic rings. The first-order chi connectivity index (χ1) is 12.0. The number of alkyl halides is 3. The van der Waals surface area contributed by atoms with Gasteiger partial charge < -0.3 is 10.0 Å². The van der Waals surface area contributed by atoms with E-state index in [-0.39, 0.29) is 12.0 Å². The zero-order valence-corrected chi connectivity index (χ0v) is 13.8. The first-order valence-corrected chi connectivity index (χ1v) is 7.87. The molecule has 1 fully saturated rings. The van der Waals surface area contributed by atoms with Crippen molar-refractivity contribution in [3.8, 4) is 0 Å². The average molecular weight is 375 g/mol. The number of aliphatic carboxylic acids is 1. The summed E-state index contributed by atoms with van der Waals surface area (Å²) in [5, 5.41) is 8.96. The van der Waals surface area contributed by atoms with Crippen molar-refractivity contribution >= 4 is 17.7 Å². The van der Waals surface area contributed by atoms with Crippen molar-refractivity contribution in [2.75, 3.05) is 13.1 Å². The number of carbonyl (C=O) groups is 3. The van der Waals surface area contributed by atoms with E-state index in [2.05, 4.69) is 0 Å². The van der Waals surface area contributed by atoms with E-state index in [4.69, 9.17) is 5.11 Å². The standard InChI is InChI=1S/C17H17F4NO4/c1-9(15(24)10-3-2-4-11(18)6-10)5-14(23)22-7-12(16(25)26)13(8-22)17(19,20)21/h2-4,6,9,12-13H,5,7-8H2,1H3,(H,25,26)/t9?,12-,13-/m1/s1. The van der Waals surface area contributed by atoms with Gasteiger partial charge in [-0.3, -0.25) is 14.4 Å². The van der Waals surface area contributed by atoms with Crippen molar-refractivity contribution in [2.24, 2.45) is 17.8 Å². The van der Waals surface area contributed by atoms with Gasteiger partial charge in [0.1, 0.15) is 5.82 Å². The molecule has 0 bridgehead atoms. The largest absolute Gasteiger partial charge is 0.481 e. The first-order valence-electron chi connectivity index (χ1n) is 7.87. The van der Waals surface area contributed by atoms with E-state index in [0.29, 0.717) is 0 Å². The van der Waals surface area contributed by atoms with Crippen LogP contribution in [0.3, 0.4) is 0 Å². The highest BCUT2D eigenvalue weighted by Gasteiger charge is 2.53. The molecule has 1 aliphatic heterocycles. The number of ketones is 1. The number of hydrogen-bond acceptors (Lipinski definition) is 3. The Labute approximate surface area is 146 Å². The first kappa shape index (κ1) is 19.9. The molecule has 142 valence electrons. The minimum atomic E-state index is -4.74. The lowest BCUT2D eigenvalue weighted by Gasteiger charge is -2.19. The number of benzene rings is 1. The van der Waals surface area contributed by atoms with Crippen molar-refractivity contribution in [3.05, 3.63) is 35.6 Å². The Morgan fingerprint density at radius 3 is 2.42 bits per heavy atom. The molecule has 1 heterocycles. The second-order valence-electron chi connectivity index (χ2n) is 6.37. The Hall–Kier alpha value is -2.45. The van der Waals surface area contributed by atoms with Crippen LogP contribution < -0.4 is 0 Å². The van der Waals surface area contributed by atoms with E-state index in [1.165, 1.54) is 19.1 Å². The molecule has 0 saturated carbocycles. The zero-order valence-electron chi connectivity index (χ0n) is 13.8. The number of amides is 1. The molecular formula is C17H17F4NO4. The molecule has 0 aliphatic carbocycles. The second-order valence-corrected chi connectivity index (χ2v) is 6.37. The normalized spacial score (nSPS) is 21.5. The van der Waals surface area contributed by atoms with Crippen LogP contribution in [0.2, 0.25) is 0 Å². The maximum Gasteiger partial charge on any atom is 0.394 e. The van der Waals surface area contributed by atoms with Crippen molar-refractivity contribution in [2.45, 2.75) is 19.5 Å². The van der Waals surface area contributed by atoms with Crippen LogP contribution in [0.15, 0.2) is 24.3 Å². The average Bonchev–Trinajstić information content (AvgIpc) is 3.00. The maximum atomic E-state index is 13.2. The molecule has 0 spiro atoms. The second kappa shape index (κ2) is 7.43. The number of halogens is 4. The van der Waals surface area contributed by atoms with Crippen molar-refractivity contribution in [3.63, 3.8) is 0 Å². The van der Waals surface area contributed by atoms with E-state index in [1.54, 1.807) is 0 Å². The SMILES string of the molecule is CC(CC(=O)N1C[C@@H](C(F)(F)F)[C@H](C(=O)O)C1)C(=O)c1cccc(F)c1. The van der Waals surface area contributed by atoms with E-state index in [0.717, 1.165) is 17.0 Å². The van der Waals surface area contributed by atoms with Crippen LogP contribution in [0, 0.1) is 23.6 Å². The van der Waals surface area contributed by atoms with Gasteiger partial charge >= 0.3 is 12.1 Å². The van der Waals surface area contributed by atoms with Crippen molar-refractivity contribution in [1.82, 2.24) is 4.90 Å². The highest BCUT2D eigenvalue weighted by molar-refractivity contribution is 5.99. The molecule has 1 aliphatic rings. The quantitative estimate of drug-likeness (QED) is 0.634. The Kier molecular flexibility index (Phi) is 5.68. The third-order valence-corrected chi connectivity index (χ3v) is 4.45. The van der Waals surface area contributed by atoms with Gasteiger partial charge in [-0.15, -0.1) is 0 Å². The van der Waals surface area contributed by atoms with Gasteiger partial charge in [-0.1, -0.05) is 19.1 Å². The van der Waals surface area contributed by atoms with Gasteiger partial charge in [0.25, 0.3) is 0 Å². The fourth-order valence-corrected chi connectivity index (χ4v) is 3.00. The van der Waals surface area contributed by atoms with Gasteiger partial charge in [-0.2, -0.15) is 13.2 Å². The molecule has 5 nitrogen and oxygen atoms in total. The van der Waals surface area contributed by atoms with E-state index in [9.17, 15) is 31.9 Å². The van der Waals surface area contributed by atoms with Crippen LogP contribution >= 0.6 is 0 Å². The summed E-state index contributed by atoms with van der Waals surface area (Å²) in [7, 11) is 0. The molecule has 1 unspecified atom stereocenters. The van der Waals surface area contributed by atoms with Gasteiger partial charge in [0.15, 0.2) is 5.78 Å². The molecule has 1 aromatic carbocycles. The van der Waals surface area contributed by atoms with Crippen LogP contribution in [0.4, 0.5) is 17.6 Å². The lowest BCUT2D eigenvalue weighted by molar-refractivity contribution is -0.188. The van der Waals surface area contributed by atoms with Crippen molar-refractivity contribution < 1.29 is 37.1 Å². The highest BCUT2D eigenvalue weighted by Crippen LogP contribution is 2.38. The number of rotatable bonds is 5. The lowest BCUT2D eigenvalue weighted by Crippen LogP contribution is -2.34. The smallest absolute Gasteiger partial charge is 0.394 e. The number of carboxylic acids is 1. The summed E-state index contributed by atoms with van der Waals surface area (Å²) in [6.07, 6.45) is -5.12. The number of hydrogen-bond donors (Lipinski definition) is 1. The summed E-state index contributed by atoms with van der Waals surface area (Å²) < 4.78 is 52.1. The molecule has 2 rings (SSSR count). The Bertz CT molecular complexity index is 719. The topological polar surface area (TPSA) is 74.7 Å². The summed E-state index contributed by atoms with van der Waals surface area (Å²) in [5.41, 5.74) is 0.0586. The lowest BCUT2D eigenvalue weighted by atomic mass is 9.96. The minimum absolute atomic E-state index is 0.0586. The van der Waals surface area contributed by atoms with Gasteiger partial charge in [-0.25, -0.2) is 4.39 Å². The maximum absolute atomic E-state index is 13.2. The van der Waals surface area contributed by atoms with Gasteiger partial charge in [0, 0.05) is 31.0 Å². The van der Waals surface area contributed by atoms with E-state index in [1.807, 2.05) is 0 Å². The van der Waals surface area contributed by atoms with Crippen LogP contribution in [-0.2, 0) is 9.59 Å². The van der Waals surface area contributed by atoms with E-state index >= 15 is 0 Å². The van der Waals surface area contributed by atoms with Crippen LogP contribution in [-0.4, -0.2) is 46.9 Å². The molecule has 1 N–H and O–H groups in total. The summed E-state index contributed by atoms with van der Waals surface area (Å²) in [4.78, 5) is 36.3. The Morgan fingerprint density at radius 1 is 1.27 bits per heavy atom. The molecule has 0 radical (unpaired) electrons. The van der Waals surface area contributed by atoms with Gasteiger partial charge in [0.05, 0.1) is 11.8 Å². The monoisotopic (exact) mass is 375 g/mol. The van der Waals surface area contributed by atoms with Gasteiger partial charge in [0.2, 0.25) is 5.91 Å². The van der Waals surface area contributed by atoms with Crippen LogP contribution in [0.5, 0.6) is 0 Å². The fraction of sp³-hybridized carbons (Fsp3) is 0.471. The third kappa shape index (κ3) is 4.39. The predicted octanol–water partition coefficient (Wildman–Crippen LogP) is 2.76. The summed E-state index contributed by atoms with van der Waals surface area (Å²) in [6, 6.07) is 4.88. The zero-order chi connectivity index (χ0) is 19.6. The third-order valence-electron chi connectivity index (χ3n) is 4.45. The number of carboxylic acid groups (broad SMARTS) is 1. The predicted molar refractivity (Wildman–Crippen MR) is 81.8 cm³/mol. The summed E-state index contributed by atoms with van der Waals surface area (Å²) in [6.45, 7) is 0.108. The molecule has 1 saturated heterocycles. The number of likely N-dealkylation sites (tertiary alicyclic amines) is 1. The summed E-state index contributed by atoms with van der Waals surface area (Å²) in [5.74, 6) is -8.24. The fourth-order valence-electron chi connectivity index (χ4n) is 3.00. The highest BCUT2D eigenvalue weighted by atomic mass is 19.4.